The van der Waals surface area contributed by atoms with Crippen molar-refractivity contribution >= 4 is 16.9 Å². The molecule has 0 spiro atoms. The summed E-state index contributed by atoms with van der Waals surface area (Å²) in [6.45, 7) is 3.12. The quantitative estimate of drug-likeness (QED) is 0.579. The standard InChI is InChI=1S/C19H18N6O/c1-13-7-5-6-10-15(13)11-20-18-16-17(19(26)23-22-18)25(24-21-16)12-14-8-3-2-4-9-14/h2-10H,11-12H2,1H3,(H,20,22)(H,23,26). The second-order valence-electron chi connectivity index (χ2n) is 6.11. The van der Waals surface area contributed by atoms with Gasteiger partial charge in [-0.2, -0.15) is 5.10 Å². The summed E-state index contributed by atoms with van der Waals surface area (Å²) in [5.74, 6) is 0.516. The Morgan fingerprint density at radius 3 is 2.65 bits per heavy atom. The van der Waals surface area contributed by atoms with Gasteiger partial charge in [-0.3, -0.25) is 4.79 Å². The molecule has 0 bridgehead atoms. The molecular weight excluding hydrogens is 328 g/mol. The van der Waals surface area contributed by atoms with E-state index in [0.717, 1.165) is 11.1 Å². The molecule has 0 saturated carbocycles. The Kier molecular flexibility index (Phi) is 4.18. The van der Waals surface area contributed by atoms with Crippen LogP contribution in [0, 0.1) is 6.92 Å². The molecule has 7 nitrogen and oxygen atoms in total. The van der Waals surface area contributed by atoms with Gasteiger partial charge >= 0.3 is 0 Å². The van der Waals surface area contributed by atoms with Crippen LogP contribution in [0.1, 0.15) is 16.7 Å². The zero-order valence-electron chi connectivity index (χ0n) is 14.3. The molecule has 2 heterocycles. The van der Waals surface area contributed by atoms with E-state index < -0.39 is 0 Å². The zero-order valence-corrected chi connectivity index (χ0v) is 14.3. The average Bonchev–Trinajstić information content (AvgIpc) is 3.08. The molecule has 0 atom stereocenters. The Morgan fingerprint density at radius 2 is 1.85 bits per heavy atom. The van der Waals surface area contributed by atoms with Crippen molar-refractivity contribution in [2.24, 2.45) is 0 Å². The van der Waals surface area contributed by atoms with E-state index in [2.05, 4.69) is 44.9 Å². The number of nitrogens with one attached hydrogen (secondary N) is 2. The van der Waals surface area contributed by atoms with Crippen LogP contribution in [0.5, 0.6) is 0 Å². The maximum Gasteiger partial charge on any atom is 0.292 e. The summed E-state index contributed by atoms with van der Waals surface area (Å²) in [6.07, 6.45) is 0. The number of nitrogens with zero attached hydrogens (tertiary/aromatic N) is 4. The molecule has 4 aromatic rings. The lowest BCUT2D eigenvalue weighted by Gasteiger charge is -2.08. The Hall–Kier alpha value is -3.48. The molecule has 2 aromatic heterocycles. The summed E-state index contributed by atoms with van der Waals surface area (Å²) in [7, 11) is 0. The summed E-state index contributed by atoms with van der Waals surface area (Å²) in [6, 6.07) is 17.9. The highest BCUT2D eigenvalue weighted by molar-refractivity contribution is 5.84. The van der Waals surface area contributed by atoms with E-state index in [0.29, 0.717) is 29.9 Å². The molecule has 4 rings (SSSR count). The van der Waals surface area contributed by atoms with E-state index >= 15 is 0 Å². The number of hydrogen-bond donors (Lipinski definition) is 2. The van der Waals surface area contributed by atoms with Crippen molar-refractivity contribution in [2.45, 2.75) is 20.0 Å². The summed E-state index contributed by atoms with van der Waals surface area (Å²) in [5.41, 5.74) is 3.97. The normalized spacial score (nSPS) is 11.0. The first kappa shape index (κ1) is 16.0. The topological polar surface area (TPSA) is 88.5 Å². The minimum absolute atomic E-state index is 0.303. The van der Waals surface area contributed by atoms with Gasteiger partial charge in [-0.1, -0.05) is 59.8 Å². The van der Waals surface area contributed by atoms with Gasteiger partial charge in [0.25, 0.3) is 5.56 Å². The molecule has 0 aliphatic heterocycles. The van der Waals surface area contributed by atoms with Gasteiger partial charge in [0.2, 0.25) is 0 Å². The maximum atomic E-state index is 12.3. The molecule has 7 heteroatoms. The summed E-state index contributed by atoms with van der Waals surface area (Å²) >= 11 is 0. The number of aromatic amines is 1. The van der Waals surface area contributed by atoms with Gasteiger partial charge in [0, 0.05) is 6.54 Å². The third-order valence-corrected chi connectivity index (χ3v) is 4.33. The van der Waals surface area contributed by atoms with E-state index in [-0.39, 0.29) is 5.56 Å². The number of aromatic nitrogens is 5. The van der Waals surface area contributed by atoms with E-state index in [9.17, 15) is 4.79 Å². The molecule has 2 N–H and O–H groups in total. The Morgan fingerprint density at radius 1 is 1.08 bits per heavy atom. The van der Waals surface area contributed by atoms with Crippen molar-refractivity contribution in [3.05, 3.63) is 81.6 Å². The van der Waals surface area contributed by atoms with Crippen molar-refractivity contribution in [3.8, 4) is 0 Å². The van der Waals surface area contributed by atoms with Gasteiger partial charge in [0.15, 0.2) is 16.9 Å². The van der Waals surface area contributed by atoms with Crippen LogP contribution in [-0.4, -0.2) is 25.2 Å². The third-order valence-electron chi connectivity index (χ3n) is 4.33. The maximum absolute atomic E-state index is 12.3. The number of benzene rings is 2. The van der Waals surface area contributed by atoms with Gasteiger partial charge in [0.1, 0.15) is 0 Å². The first-order valence-corrected chi connectivity index (χ1v) is 8.36. The second kappa shape index (κ2) is 6.79. The SMILES string of the molecule is Cc1ccccc1CNc1n[nH]c(=O)c2c1nnn2Cc1ccccc1. The largest absolute Gasteiger partial charge is 0.363 e. The van der Waals surface area contributed by atoms with E-state index in [4.69, 9.17) is 0 Å². The number of rotatable bonds is 5. The fourth-order valence-corrected chi connectivity index (χ4v) is 2.89. The molecule has 0 radical (unpaired) electrons. The average molecular weight is 346 g/mol. The van der Waals surface area contributed by atoms with Crippen LogP contribution in [0.25, 0.3) is 11.0 Å². The summed E-state index contributed by atoms with van der Waals surface area (Å²) < 4.78 is 1.60. The Balaban J connectivity index is 1.66. The predicted molar refractivity (Wildman–Crippen MR) is 100.0 cm³/mol. The van der Waals surface area contributed by atoms with Crippen molar-refractivity contribution in [2.75, 3.05) is 5.32 Å². The summed E-state index contributed by atoms with van der Waals surface area (Å²) in [5, 5.41) is 18.2. The van der Waals surface area contributed by atoms with Crippen LogP contribution in [0.3, 0.4) is 0 Å². The van der Waals surface area contributed by atoms with Gasteiger partial charge in [-0.05, 0) is 23.6 Å². The summed E-state index contributed by atoms with van der Waals surface area (Å²) in [4.78, 5) is 12.3. The Labute approximate surface area is 149 Å². The van der Waals surface area contributed by atoms with Crippen LogP contribution in [0.4, 0.5) is 5.82 Å². The van der Waals surface area contributed by atoms with Crippen molar-refractivity contribution < 1.29 is 0 Å². The highest BCUT2D eigenvalue weighted by atomic mass is 16.1. The van der Waals surface area contributed by atoms with E-state index in [1.165, 1.54) is 5.56 Å². The lowest BCUT2D eigenvalue weighted by atomic mass is 10.1. The lowest BCUT2D eigenvalue weighted by Crippen LogP contribution is -2.16. The predicted octanol–water partition coefficient (Wildman–Crippen LogP) is 2.48. The van der Waals surface area contributed by atoms with Crippen molar-refractivity contribution in [1.29, 1.82) is 0 Å². The van der Waals surface area contributed by atoms with Crippen LogP contribution < -0.4 is 10.9 Å². The highest BCUT2D eigenvalue weighted by Gasteiger charge is 2.15. The lowest BCUT2D eigenvalue weighted by molar-refractivity contribution is 0.667. The van der Waals surface area contributed by atoms with Crippen LogP contribution >= 0.6 is 0 Å². The van der Waals surface area contributed by atoms with Crippen LogP contribution in [0.15, 0.2) is 59.4 Å². The second-order valence-corrected chi connectivity index (χ2v) is 6.11. The van der Waals surface area contributed by atoms with E-state index in [1.54, 1.807) is 4.68 Å². The first-order chi connectivity index (χ1) is 12.7. The molecule has 0 aliphatic carbocycles. The number of fused-ring (bicyclic) bond motifs is 1. The fourth-order valence-electron chi connectivity index (χ4n) is 2.89. The molecule has 2 aromatic carbocycles. The number of hydrogen-bond acceptors (Lipinski definition) is 5. The first-order valence-electron chi connectivity index (χ1n) is 8.36. The minimum Gasteiger partial charge on any atom is -0.363 e. The van der Waals surface area contributed by atoms with E-state index in [1.807, 2.05) is 42.5 Å². The van der Waals surface area contributed by atoms with Crippen molar-refractivity contribution in [1.82, 2.24) is 25.2 Å². The van der Waals surface area contributed by atoms with Gasteiger partial charge < -0.3 is 5.32 Å². The van der Waals surface area contributed by atoms with Crippen LogP contribution in [0.2, 0.25) is 0 Å². The Bertz CT molecular complexity index is 1100. The van der Waals surface area contributed by atoms with Gasteiger partial charge in [-0.25, -0.2) is 9.78 Å². The molecule has 0 fully saturated rings. The van der Waals surface area contributed by atoms with Gasteiger partial charge in [0.05, 0.1) is 6.54 Å². The minimum atomic E-state index is -0.303. The molecule has 0 saturated heterocycles. The molecule has 0 unspecified atom stereocenters. The number of aryl methyl sites for hydroxylation is 1. The molecular formula is C19H18N6O. The monoisotopic (exact) mass is 346 g/mol. The zero-order chi connectivity index (χ0) is 17.9. The molecule has 0 aliphatic rings. The highest BCUT2D eigenvalue weighted by Crippen LogP contribution is 2.17. The van der Waals surface area contributed by atoms with Crippen LogP contribution in [-0.2, 0) is 13.1 Å². The molecule has 0 amide bonds. The van der Waals surface area contributed by atoms with Crippen molar-refractivity contribution in [3.63, 3.8) is 0 Å². The number of anilines is 1. The molecule has 130 valence electrons. The smallest absolute Gasteiger partial charge is 0.292 e. The number of H-pyrrole nitrogens is 1. The molecule has 26 heavy (non-hydrogen) atoms. The third kappa shape index (κ3) is 3.06. The van der Waals surface area contributed by atoms with Gasteiger partial charge in [-0.15, -0.1) is 5.10 Å². The fraction of sp³-hybridized carbons (Fsp3) is 0.158.